The Bertz CT molecular complexity index is 990. The summed E-state index contributed by atoms with van der Waals surface area (Å²) in [7, 11) is 0. The normalized spacial score (nSPS) is 20.0. The summed E-state index contributed by atoms with van der Waals surface area (Å²) >= 11 is 0. The van der Waals surface area contributed by atoms with Crippen molar-refractivity contribution >= 4 is 17.0 Å². The number of para-hydroxylation sites is 2. The molecule has 7 nitrogen and oxygen atoms in total. The first-order valence-electron chi connectivity index (χ1n) is 9.07. The number of rotatable bonds is 4. The summed E-state index contributed by atoms with van der Waals surface area (Å²) in [5.41, 5.74) is 9.08. The molecular formula is C20H22N6O. The molecule has 27 heavy (non-hydrogen) atoms. The van der Waals surface area contributed by atoms with Gasteiger partial charge < -0.3 is 20.3 Å². The third-order valence-electron chi connectivity index (χ3n) is 5.11. The number of pyridine rings is 1. The standard InChI is InChI=1S/C20H22N6O/c21-10-15-6-7-16(23-11-15)12-26-18-5-2-1-4-17(18)24-19(26)25-9-3-8-20(22,13-25)14-27/h1-2,4-7,11,27H,3,8-9,12-14,22H2. The van der Waals surface area contributed by atoms with Crippen molar-refractivity contribution < 1.29 is 5.11 Å². The lowest BCUT2D eigenvalue weighted by Crippen LogP contribution is -2.57. The highest BCUT2D eigenvalue weighted by Crippen LogP contribution is 2.28. The molecule has 3 N–H and O–H groups in total. The van der Waals surface area contributed by atoms with Crippen LogP contribution in [0.25, 0.3) is 11.0 Å². The van der Waals surface area contributed by atoms with Crippen molar-refractivity contribution in [1.82, 2.24) is 14.5 Å². The number of fused-ring (bicyclic) bond motifs is 1. The Balaban J connectivity index is 1.74. The van der Waals surface area contributed by atoms with Crippen molar-refractivity contribution in [3.63, 3.8) is 0 Å². The zero-order valence-electron chi connectivity index (χ0n) is 15.0. The molecule has 2 aromatic heterocycles. The monoisotopic (exact) mass is 362 g/mol. The smallest absolute Gasteiger partial charge is 0.206 e. The molecule has 3 aromatic rings. The predicted octanol–water partition coefficient (Wildman–Crippen LogP) is 1.64. The molecule has 0 saturated carbocycles. The third-order valence-corrected chi connectivity index (χ3v) is 5.11. The molecule has 0 radical (unpaired) electrons. The van der Waals surface area contributed by atoms with Gasteiger partial charge in [-0.3, -0.25) is 4.98 Å². The second kappa shape index (κ2) is 6.99. The maximum Gasteiger partial charge on any atom is 0.206 e. The van der Waals surface area contributed by atoms with E-state index in [0.29, 0.717) is 18.7 Å². The Morgan fingerprint density at radius 2 is 2.11 bits per heavy atom. The lowest BCUT2D eigenvalue weighted by molar-refractivity contribution is 0.176. The average Bonchev–Trinajstić information content (AvgIpc) is 3.07. The van der Waals surface area contributed by atoms with E-state index in [2.05, 4.69) is 20.5 Å². The molecule has 1 atom stereocenters. The van der Waals surface area contributed by atoms with Crippen LogP contribution in [0.3, 0.4) is 0 Å². The largest absolute Gasteiger partial charge is 0.394 e. The van der Waals surface area contributed by atoms with Gasteiger partial charge in [0.05, 0.1) is 41.0 Å². The maximum atomic E-state index is 9.69. The second-order valence-electron chi connectivity index (χ2n) is 7.18. The zero-order valence-corrected chi connectivity index (χ0v) is 15.0. The summed E-state index contributed by atoms with van der Waals surface area (Å²) in [5, 5.41) is 18.7. The molecule has 138 valence electrons. The van der Waals surface area contributed by atoms with E-state index >= 15 is 0 Å². The van der Waals surface area contributed by atoms with Crippen LogP contribution < -0.4 is 10.6 Å². The molecule has 1 fully saturated rings. The summed E-state index contributed by atoms with van der Waals surface area (Å²) in [6.07, 6.45) is 3.30. The van der Waals surface area contributed by atoms with Gasteiger partial charge in [-0.05, 0) is 37.1 Å². The minimum absolute atomic E-state index is 0.0408. The van der Waals surface area contributed by atoms with E-state index in [1.807, 2.05) is 30.3 Å². The number of hydrogen-bond donors (Lipinski definition) is 2. The van der Waals surface area contributed by atoms with Gasteiger partial charge >= 0.3 is 0 Å². The Morgan fingerprint density at radius 1 is 1.26 bits per heavy atom. The molecule has 0 bridgehead atoms. The van der Waals surface area contributed by atoms with Crippen LogP contribution in [0.4, 0.5) is 5.95 Å². The molecule has 1 saturated heterocycles. The van der Waals surface area contributed by atoms with Crippen molar-refractivity contribution in [3.8, 4) is 6.07 Å². The zero-order chi connectivity index (χ0) is 18.9. The van der Waals surface area contributed by atoms with E-state index in [9.17, 15) is 5.11 Å². The highest BCUT2D eigenvalue weighted by Gasteiger charge is 2.33. The van der Waals surface area contributed by atoms with Crippen LogP contribution in [0.5, 0.6) is 0 Å². The van der Waals surface area contributed by atoms with Crippen LogP contribution in [0.1, 0.15) is 24.1 Å². The van der Waals surface area contributed by atoms with Crippen LogP contribution in [-0.4, -0.2) is 44.9 Å². The van der Waals surface area contributed by atoms with Gasteiger partial charge in [0.2, 0.25) is 5.95 Å². The molecule has 1 aliphatic rings. The Hall–Kier alpha value is -2.95. The number of anilines is 1. The average molecular weight is 362 g/mol. The lowest BCUT2D eigenvalue weighted by Gasteiger charge is -2.39. The molecule has 7 heteroatoms. The van der Waals surface area contributed by atoms with Crippen LogP contribution in [-0.2, 0) is 6.54 Å². The summed E-state index contributed by atoms with van der Waals surface area (Å²) < 4.78 is 2.13. The lowest BCUT2D eigenvalue weighted by atomic mass is 9.91. The van der Waals surface area contributed by atoms with Gasteiger partial charge in [-0.1, -0.05) is 12.1 Å². The van der Waals surface area contributed by atoms with E-state index < -0.39 is 5.54 Å². The minimum Gasteiger partial charge on any atom is -0.394 e. The Kier molecular flexibility index (Phi) is 4.52. The molecule has 0 spiro atoms. The first-order chi connectivity index (χ1) is 13.1. The molecule has 0 amide bonds. The van der Waals surface area contributed by atoms with Crippen LogP contribution in [0.15, 0.2) is 42.6 Å². The van der Waals surface area contributed by atoms with Gasteiger partial charge in [-0.25, -0.2) is 4.98 Å². The minimum atomic E-state index is -0.603. The van der Waals surface area contributed by atoms with E-state index in [4.69, 9.17) is 16.0 Å². The third kappa shape index (κ3) is 3.37. The topological polar surface area (TPSA) is 104 Å². The second-order valence-corrected chi connectivity index (χ2v) is 7.18. The number of nitrogens with two attached hydrogens (primary N) is 1. The van der Waals surface area contributed by atoms with Gasteiger partial charge in [0.25, 0.3) is 0 Å². The van der Waals surface area contributed by atoms with E-state index in [0.717, 1.165) is 42.1 Å². The van der Waals surface area contributed by atoms with Crippen molar-refractivity contribution in [1.29, 1.82) is 5.26 Å². The number of benzene rings is 1. The van der Waals surface area contributed by atoms with Gasteiger partial charge in [0.1, 0.15) is 6.07 Å². The molecule has 1 aromatic carbocycles. The van der Waals surface area contributed by atoms with Crippen LogP contribution >= 0.6 is 0 Å². The Morgan fingerprint density at radius 3 is 2.85 bits per heavy atom. The number of hydrogen-bond acceptors (Lipinski definition) is 6. The van der Waals surface area contributed by atoms with Crippen molar-refractivity contribution in [2.24, 2.45) is 5.73 Å². The number of piperidine rings is 1. The molecular weight excluding hydrogens is 340 g/mol. The SMILES string of the molecule is N#Cc1ccc(Cn2c(N3CCCC(N)(CO)C3)nc3ccccc32)nc1. The first-order valence-corrected chi connectivity index (χ1v) is 9.07. The summed E-state index contributed by atoms with van der Waals surface area (Å²) in [5.74, 6) is 0.838. The fraction of sp³-hybridized carbons (Fsp3) is 0.350. The van der Waals surface area contributed by atoms with E-state index in [-0.39, 0.29) is 6.61 Å². The number of aliphatic hydroxyl groups excluding tert-OH is 1. The number of nitrogens with zero attached hydrogens (tertiary/aromatic N) is 5. The van der Waals surface area contributed by atoms with Crippen LogP contribution in [0.2, 0.25) is 0 Å². The molecule has 1 aliphatic heterocycles. The highest BCUT2D eigenvalue weighted by atomic mass is 16.3. The fourth-order valence-electron chi connectivity index (χ4n) is 3.67. The number of aliphatic hydroxyl groups is 1. The summed E-state index contributed by atoms with van der Waals surface area (Å²) in [4.78, 5) is 11.4. The molecule has 1 unspecified atom stereocenters. The predicted molar refractivity (Wildman–Crippen MR) is 103 cm³/mol. The molecule has 4 rings (SSSR count). The van der Waals surface area contributed by atoms with E-state index in [1.165, 1.54) is 0 Å². The quantitative estimate of drug-likeness (QED) is 0.731. The first kappa shape index (κ1) is 17.5. The number of nitriles is 1. The van der Waals surface area contributed by atoms with E-state index in [1.54, 1.807) is 12.3 Å². The van der Waals surface area contributed by atoms with Gasteiger partial charge in [-0.15, -0.1) is 0 Å². The molecule has 0 aliphatic carbocycles. The Labute approximate surface area is 157 Å². The van der Waals surface area contributed by atoms with Crippen molar-refractivity contribution in [2.75, 3.05) is 24.6 Å². The molecule has 3 heterocycles. The number of imidazole rings is 1. The summed E-state index contributed by atoms with van der Waals surface area (Å²) in [6.45, 7) is 1.92. The highest BCUT2D eigenvalue weighted by molar-refractivity contribution is 5.79. The van der Waals surface area contributed by atoms with Crippen LogP contribution in [0, 0.1) is 11.3 Å². The summed E-state index contributed by atoms with van der Waals surface area (Å²) in [6, 6.07) is 13.7. The van der Waals surface area contributed by atoms with Gasteiger partial charge in [-0.2, -0.15) is 5.26 Å². The van der Waals surface area contributed by atoms with Crippen molar-refractivity contribution in [2.45, 2.75) is 24.9 Å². The number of aromatic nitrogens is 3. The maximum absolute atomic E-state index is 9.69. The van der Waals surface area contributed by atoms with Gasteiger partial charge in [0, 0.05) is 19.3 Å². The van der Waals surface area contributed by atoms with Crippen molar-refractivity contribution in [3.05, 3.63) is 53.9 Å². The fourth-order valence-corrected chi connectivity index (χ4v) is 3.67. The van der Waals surface area contributed by atoms with Gasteiger partial charge in [0.15, 0.2) is 0 Å².